The van der Waals surface area contributed by atoms with Gasteiger partial charge in [0.1, 0.15) is 10.4 Å². The summed E-state index contributed by atoms with van der Waals surface area (Å²) in [4.78, 5) is 7.25. The molecule has 0 unspecified atom stereocenters. The van der Waals surface area contributed by atoms with E-state index in [0.717, 1.165) is 16.0 Å². The molecule has 0 aliphatic carbocycles. The first-order chi connectivity index (χ1) is 5.36. The third-order valence-electron chi connectivity index (χ3n) is 1.34. The average molecular weight is 229 g/mol. The zero-order valence-corrected chi connectivity index (χ0v) is 7.95. The molecule has 0 amide bonds. The highest BCUT2D eigenvalue weighted by Crippen LogP contribution is 2.19. The Hall–Kier alpha value is -0.610. The molecular weight excluding hydrogens is 224 g/mol. The van der Waals surface area contributed by atoms with Crippen LogP contribution >= 0.6 is 27.3 Å². The Kier molecular flexibility index (Phi) is 1.79. The summed E-state index contributed by atoms with van der Waals surface area (Å²) in [7, 11) is 0. The maximum atomic E-state index is 4.16. The SMILES string of the molecule is Brc1cnc(-c2ccsc2)[nH]1. The van der Waals surface area contributed by atoms with Gasteiger partial charge in [0.25, 0.3) is 0 Å². The summed E-state index contributed by atoms with van der Waals surface area (Å²) >= 11 is 4.97. The Morgan fingerprint density at radius 2 is 2.45 bits per heavy atom. The van der Waals surface area contributed by atoms with E-state index < -0.39 is 0 Å². The van der Waals surface area contributed by atoms with E-state index in [1.807, 2.05) is 11.4 Å². The first-order valence-electron chi connectivity index (χ1n) is 3.09. The van der Waals surface area contributed by atoms with Crippen LogP contribution in [0, 0.1) is 0 Å². The van der Waals surface area contributed by atoms with Crippen molar-refractivity contribution in [2.24, 2.45) is 0 Å². The largest absolute Gasteiger partial charge is 0.333 e. The van der Waals surface area contributed by atoms with Crippen LogP contribution in [0.3, 0.4) is 0 Å². The molecule has 2 aromatic heterocycles. The Labute approximate surface area is 76.4 Å². The number of thiophene rings is 1. The Balaban J connectivity index is 2.45. The second-order valence-electron chi connectivity index (χ2n) is 2.09. The molecule has 0 atom stereocenters. The Morgan fingerprint density at radius 3 is 3.00 bits per heavy atom. The Morgan fingerprint density at radius 1 is 1.55 bits per heavy atom. The second-order valence-corrected chi connectivity index (χ2v) is 3.73. The highest BCUT2D eigenvalue weighted by Gasteiger charge is 2.00. The lowest BCUT2D eigenvalue weighted by atomic mass is 10.3. The molecule has 2 nitrogen and oxygen atoms in total. The lowest BCUT2D eigenvalue weighted by Gasteiger charge is -1.86. The fourth-order valence-corrected chi connectivity index (χ4v) is 1.78. The number of rotatable bonds is 1. The number of imidazole rings is 1. The molecule has 4 heteroatoms. The van der Waals surface area contributed by atoms with Crippen LogP contribution in [0.4, 0.5) is 0 Å². The van der Waals surface area contributed by atoms with E-state index in [2.05, 4.69) is 31.3 Å². The molecule has 0 aliphatic heterocycles. The van der Waals surface area contributed by atoms with Gasteiger partial charge in [-0.3, -0.25) is 0 Å². The quantitative estimate of drug-likeness (QED) is 0.800. The zero-order chi connectivity index (χ0) is 7.68. The molecule has 0 fully saturated rings. The minimum atomic E-state index is 0.915. The van der Waals surface area contributed by atoms with Crippen molar-refractivity contribution in [2.75, 3.05) is 0 Å². The van der Waals surface area contributed by atoms with Gasteiger partial charge in [-0.1, -0.05) is 0 Å². The van der Waals surface area contributed by atoms with Gasteiger partial charge in [0.2, 0.25) is 0 Å². The van der Waals surface area contributed by atoms with E-state index in [-0.39, 0.29) is 0 Å². The summed E-state index contributed by atoms with van der Waals surface area (Å²) in [6.45, 7) is 0. The topological polar surface area (TPSA) is 28.7 Å². The van der Waals surface area contributed by atoms with Crippen LogP contribution in [-0.2, 0) is 0 Å². The van der Waals surface area contributed by atoms with Crippen LogP contribution in [0.25, 0.3) is 11.4 Å². The molecule has 0 spiro atoms. The molecule has 0 aliphatic rings. The smallest absolute Gasteiger partial charge is 0.138 e. The molecule has 2 rings (SSSR count). The normalized spacial score (nSPS) is 10.3. The molecule has 0 radical (unpaired) electrons. The fourth-order valence-electron chi connectivity index (χ4n) is 0.845. The van der Waals surface area contributed by atoms with Crippen molar-refractivity contribution in [2.45, 2.75) is 0 Å². The zero-order valence-electron chi connectivity index (χ0n) is 5.54. The summed E-state index contributed by atoms with van der Waals surface area (Å²) in [6, 6.07) is 2.04. The van der Waals surface area contributed by atoms with E-state index in [9.17, 15) is 0 Å². The molecule has 1 N–H and O–H groups in total. The molecule has 2 aromatic rings. The van der Waals surface area contributed by atoms with Gasteiger partial charge in [0.15, 0.2) is 0 Å². The predicted octanol–water partition coefficient (Wildman–Crippen LogP) is 2.90. The van der Waals surface area contributed by atoms with Crippen molar-refractivity contribution in [3.63, 3.8) is 0 Å². The predicted molar refractivity (Wildman–Crippen MR) is 49.6 cm³/mol. The third-order valence-corrected chi connectivity index (χ3v) is 2.43. The number of hydrogen-bond donors (Lipinski definition) is 1. The van der Waals surface area contributed by atoms with E-state index in [0.29, 0.717) is 0 Å². The van der Waals surface area contributed by atoms with Crippen LogP contribution in [0.5, 0.6) is 0 Å². The molecule has 56 valence electrons. The van der Waals surface area contributed by atoms with Gasteiger partial charge in [0.05, 0.1) is 6.20 Å². The van der Waals surface area contributed by atoms with Crippen LogP contribution < -0.4 is 0 Å². The lowest BCUT2D eigenvalue weighted by molar-refractivity contribution is 1.31. The van der Waals surface area contributed by atoms with Gasteiger partial charge in [-0.15, -0.1) is 0 Å². The van der Waals surface area contributed by atoms with Crippen molar-refractivity contribution in [3.8, 4) is 11.4 Å². The maximum Gasteiger partial charge on any atom is 0.138 e. The number of hydrogen-bond acceptors (Lipinski definition) is 2. The monoisotopic (exact) mass is 228 g/mol. The number of nitrogens with zero attached hydrogens (tertiary/aromatic N) is 1. The van der Waals surface area contributed by atoms with Crippen LogP contribution in [-0.4, -0.2) is 9.97 Å². The molecule has 0 aromatic carbocycles. The third kappa shape index (κ3) is 1.36. The molecule has 0 saturated carbocycles. The van der Waals surface area contributed by atoms with Crippen molar-refractivity contribution < 1.29 is 0 Å². The van der Waals surface area contributed by atoms with Gasteiger partial charge in [-0.2, -0.15) is 11.3 Å². The molecular formula is C7H5BrN2S. The van der Waals surface area contributed by atoms with Gasteiger partial charge in [-0.25, -0.2) is 4.98 Å². The van der Waals surface area contributed by atoms with Crippen LogP contribution in [0.1, 0.15) is 0 Å². The highest BCUT2D eigenvalue weighted by atomic mass is 79.9. The summed E-state index contributed by atoms with van der Waals surface area (Å²) in [6.07, 6.45) is 1.76. The Bertz CT molecular complexity index is 339. The summed E-state index contributed by atoms with van der Waals surface area (Å²) < 4.78 is 0.915. The number of aromatic nitrogens is 2. The summed E-state index contributed by atoms with van der Waals surface area (Å²) in [5, 5.41) is 4.09. The first kappa shape index (κ1) is 7.06. The molecule has 0 bridgehead atoms. The first-order valence-corrected chi connectivity index (χ1v) is 4.83. The second kappa shape index (κ2) is 2.79. The number of aromatic amines is 1. The molecule has 0 saturated heterocycles. The van der Waals surface area contributed by atoms with E-state index in [4.69, 9.17) is 0 Å². The van der Waals surface area contributed by atoms with Crippen molar-refractivity contribution in [1.29, 1.82) is 0 Å². The van der Waals surface area contributed by atoms with Gasteiger partial charge >= 0.3 is 0 Å². The minimum Gasteiger partial charge on any atom is -0.333 e. The number of H-pyrrole nitrogens is 1. The van der Waals surface area contributed by atoms with Gasteiger partial charge in [-0.05, 0) is 27.4 Å². The van der Waals surface area contributed by atoms with E-state index in [1.165, 1.54) is 0 Å². The highest BCUT2D eigenvalue weighted by molar-refractivity contribution is 9.10. The molecule has 11 heavy (non-hydrogen) atoms. The minimum absolute atomic E-state index is 0.915. The van der Waals surface area contributed by atoms with Crippen LogP contribution in [0.2, 0.25) is 0 Å². The van der Waals surface area contributed by atoms with E-state index in [1.54, 1.807) is 17.5 Å². The number of halogens is 1. The average Bonchev–Trinajstić information content (AvgIpc) is 2.55. The summed E-state index contributed by atoms with van der Waals surface area (Å²) in [5.74, 6) is 0.915. The number of nitrogens with one attached hydrogen (secondary N) is 1. The molecule has 2 heterocycles. The van der Waals surface area contributed by atoms with E-state index >= 15 is 0 Å². The maximum absolute atomic E-state index is 4.16. The van der Waals surface area contributed by atoms with Crippen molar-refractivity contribution in [1.82, 2.24) is 9.97 Å². The van der Waals surface area contributed by atoms with Gasteiger partial charge < -0.3 is 4.98 Å². The van der Waals surface area contributed by atoms with Gasteiger partial charge in [0, 0.05) is 10.9 Å². The van der Waals surface area contributed by atoms with Crippen LogP contribution in [0.15, 0.2) is 27.6 Å². The fraction of sp³-hybridized carbons (Fsp3) is 0. The standard InChI is InChI=1S/C7H5BrN2S/c8-6-3-9-7(10-6)5-1-2-11-4-5/h1-4H,(H,9,10). The lowest BCUT2D eigenvalue weighted by Crippen LogP contribution is -1.73. The van der Waals surface area contributed by atoms with Crippen molar-refractivity contribution in [3.05, 3.63) is 27.6 Å². The summed E-state index contributed by atoms with van der Waals surface area (Å²) in [5.41, 5.74) is 1.14. The van der Waals surface area contributed by atoms with Crippen molar-refractivity contribution >= 4 is 27.3 Å².